The van der Waals surface area contributed by atoms with Crippen LogP contribution in [0.3, 0.4) is 0 Å². The van der Waals surface area contributed by atoms with Crippen molar-refractivity contribution in [2.24, 2.45) is 5.92 Å². The molecular weight excluding hydrogens is 574 g/mol. The largest absolute Gasteiger partial charge is 0.462 e. The van der Waals surface area contributed by atoms with E-state index in [0.717, 1.165) is 30.0 Å². The van der Waals surface area contributed by atoms with Crippen LogP contribution >= 0.6 is 0 Å². The van der Waals surface area contributed by atoms with Crippen LogP contribution in [-0.2, 0) is 17.8 Å². The van der Waals surface area contributed by atoms with Crippen molar-refractivity contribution in [2.45, 2.75) is 71.1 Å². The Balaban J connectivity index is 1.34. The number of benzene rings is 2. The van der Waals surface area contributed by atoms with Gasteiger partial charge in [-0.3, -0.25) is 9.69 Å². The van der Waals surface area contributed by atoms with Crippen molar-refractivity contribution in [3.8, 4) is 6.01 Å². The van der Waals surface area contributed by atoms with Crippen molar-refractivity contribution in [3.63, 3.8) is 0 Å². The summed E-state index contributed by atoms with van der Waals surface area (Å²) in [6.07, 6.45) is 5.93. The third-order valence-electron chi connectivity index (χ3n) is 10.3. The minimum absolute atomic E-state index is 0.127. The molecule has 46 heavy (non-hydrogen) atoms. The molecule has 3 aromatic rings. The van der Waals surface area contributed by atoms with Gasteiger partial charge in [0.1, 0.15) is 18.5 Å². The number of carbonyl (C=O) groups excluding carboxylic acids is 1. The summed E-state index contributed by atoms with van der Waals surface area (Å²) in [4.78, 5) is 35.4. The van der Waals surface area contributed by atoms with Crippen LogP contribution in [0.15, 0.2) is 49.1 Å². The highest BCUT2D eigenvalue weighted by Gasteiger charge is 2.35. The average Bonchev–Trinajstić information content (AvgIpc) is 3.03. The normalized spacial score (nSPS) is 19.2. The first-order valence-electron chi connectivity index (χ1n) is 16.8. The molecule has 0 bridgehead atoms. The number of anilines is 2. The lowest BCUT2D eigenvalue weighted by molar-refractivity contribution is -0.128. The first kappa shape index (κ1) is 31.8. The number of rotatable bonds is 10. The molecule has 242 valence electrons. The van der Waals surface area contributed by atoms with E-state index in [0.29, 0.717) is 50.8 Å². The zero-order chi connectivity index (χ0) is 32.4. The SMILES string of the molecule is [C-]#[N+]C[C@H]1CN(c2nc(OC[C@H](C(C)C)N(C)C3CCC3)nc3c2CCN(c2cccc4cccc(C)c24)C3)CCN1C(=O)C=C. The van der Waals surface area contributed by atoms with Gasteiger partial charge in [0, 0.05) is 54.9 Å². The average molecular weight is 622 g/mol. The molecule has 6 rings (SSSR count). The molecule has 9 nitrogen and oxygen atoms in total. The molecule has 1 amide bonds. The summed E-state index contributed by atoms with van der Waals surface area (Å²) in [7, 11) is 2.22. The van der Waals surface area contributed by atoms with Crippen LogP contribution in [-0.4, -0.2) is 90.2 Å². The summed E-state index contributed by atoms with van der Waals surface area (Å²) >= 11 is 0. The molecule has 0 radical (unpaired) electrons. The second-order valence-corrected chi connectivity index (χ2v) is 13.4. The van der Waals surface area contributed by atoms with E-state index < -0.39 is 0 Å². The lowest BCUT2D eigenvalue weighted by atomic mass is 9.89. The fourth-order valence-electron chi connectivity index (χ4n) is 7.41. The van der Waals surface area contributed by atoms with Crippen LogP contribution in [0.1, 0.15) is 49.9 Å². The Bertz CT molecular complexity index is 1620. The van der Waals surface area contributed by atoms with Crippen molar-refractivity contribution in [2.75, 3.05) is 56.2 Å². The number of piperazine rings is 1. The first-order chi connectivity index (χ1) is 22.3. The fourth-order valence-corrected chi connectivity index (χ4v) is 7.41. The second-order valence-electron chi connectivity index (χ2n) is 13.4. The summed E-state index contributed by atoms with van der Waals surface area (Å²) < 4.78 is 6.51. The van der Waals surface area contributed by atoms with E-state index in [2.05, 4.69) is 90.3 Å². The highest BCUT2D eigenvalue weighted by atomic mass is 16.5. The van der Waals surface area contributed by atoms with Crippen molar-refractivity contribution in [1.82, 2.24) is 19.8 Å². The van der Waals surface area contributed by atoms with Gasteiger partial charge in [0.2, 0.25) is 12.5 Å². The molecule has 2 aromatic carbocycles. The molecule has 1 aromatic heterocycles. The Morgan fingerprint density at radius 3 is 2.63 bits per heavy atom. The first-order valence-corrected chi connectivity index (χ1v) is 16.8. The van der Waals surface area contributed by atoms with Crippen molar-refractivity contribution in [1.29, 1.82) is 0 Å². The Labute approximate surface area is 273 Å². The van der Waals surface area contributed by atoms with Crippen LogP contribution in [0, 0.1) is 19.4 Å². The standard InChI is InChI=1S/C37H47N7O2/c1-7-34(45)44-20-19-43(22-29(44)21-38-5)36-30-17-18-42(32-16-9-13-27-12-8-11-26(4)35(27)32)23-31(30)39-37(40-36)46-24-33(25(2)3)41(6)28-14-10-15-28/h7-9,11-13,16,25,28-29,33H,1,10,14-15,17-24H2,2-4,6H3/t29-,33+/m0/s1. The van der Waals surface area contributed by atoms with E-state index >= 15 is 0 Å². The summed E-state index contributed by atoms with van der Waals surface area (Å²) in [5.41, 5.74) is 4.60. The van der Waals surface area contributed by atoms with Crippen LogP contribution < -0.4 is 14.5 Å². The molecule has 0 unspecified atom stereocenters. The number of fused-ring (bicyclic) bond motifs is 2. The topological polar surface area (TPSA) is 69.4 Å². The molecule has 2 atom stereocenters. The van der Waals surface area contributed by atoms with Crippen molar-refractivity contribution >= 4 is 28.2 Å². The van der Waals surface area contributed by atoms with Crippen LogP contribution in [0.25, 0.3) is 15.6 Å². The van der Waals surface area contributed by atoms with Gasteiger partial charge in [-0.1, -0.05) is 57.2 Å². The molecule has 1 saturated heterocycles. The van der Waals surface area contributed by atoms with Gasteiger partial charge in [-0.25, -0.2) is 6.57 Å². The summed E-state index contributed by atoms with van der Waals surface area (Å²) in [6.45, 7) is 21.9. The Morgan fingerprint density at radius 2 is 1.93 bits per heavy atom. The molecule has 3 heterocycles. The van der Waals surface area contributed by atoms with Gasteiger partial charge >= 0.3 is 6.01 Å². The highest BCUT2D eigenvalue weighted by Crippen LogP contribution is 2.36. The smallest absolute Gasteiger partial charge is 0.318 e. The number of likely N-dealkylation sites (N-methyl/N-ethyl adjacent to an activating group) is 1. The van der Waals surface area contributed by atoms with E-state index in [1.165, 1.54) is 47.4 Å². The van der Waals surface area contributed by atoms with Gasteiger partial charge in [0.05, 0.1) is 12.2 Å². The summed E-state index contributed by atoms with van der Waals surface area (Å²) in [5, 5.41) is 2.52. The molecule has 9 heteroatoms. The van der Waals surface area contributed by atoms with Gasteiger partial charge in [-0.15, -0.1) is 0 Å². The predicted octanol–water partition coefficient (Wildman–Crippen LogP) is 5.51. The van der Waals surface area contributed by atoms with Gasteiger partial charge in [-0.2, -0.15) is 9.97 Å². The lowest BCUT2D eigenvalue weighted by Gasteiger charge is -2.42. The molecular formula is C37H47N7O2. The number of nitrogens with zero attached hydrogens (tertiary/aromatic N) is 7. The van der Waals surface area contributed by atoms with Crippen molar-refractivity contribution in [3.05, 3.63) is 77.3 Å². The Morgan fingerprint density at radius 1 is 1.15 bits per heavy atom. The highest BCUT2D eigenvalue weighted by molar-refractivity contribution is 5.97. The molecule has 2 aliphatic heterocycles. The molecule has 1 aliphatic carbocycles. The zero-order valence-electron chi connectivity index (χ0n) is 27.8. The molecule has 2 fully saturated rings. The zero-order valence-corrected chi connectivity index (χ0v) is 27.8. The quantitative estimate of drug-likeness (QED) is 0.218. The van der Waals surface area contributed by atoms with Gasteiger partial charge < -0.3 is 24.3 Å². The predicted molar refractivity (Wildman–Crippen MR) is 184 cm³/mol. The maximum atomic E-state index is 12.6. The fraction of sp³-hybridized carbons (Fsp3) is 0.514. The third kappa shape index (κ3) is 6.28. The number of aromatic nitrogens is 2. The van der Waals surface area contributed by atoms with E-state index in [9.17, 15) is 4.79 Å². The molecule has 3 aliphatic rings. The molecule has 0 N–H and O–H groups in total. The third-order valence-corrected chi connectivity index (χ3v) is 10.3. The van der Waals surface area contributed by atoms with Gasteiger partial charge in [0.25, 0.3) is 0 Å². The number of hydrogen-bond donors (Lipinski definition) is 0. The maximum Gasteiger partial charge on any atom is 0.318 e. The van der Waals surface area contributed by atoms with Crippen LogP contribution in [0.4, 0.5) is 11.5 Å². The number of aryl methyl sites for hydroxylation is 1. The number of hydrogen-bond acceptors (Lipinski definition) is 7. The Hall–Kier alpha value is -4.16. The maximum absolute atomic E-state index is 12.6. The van der Waals surface area contributed by atoms with E-state index in [1.807, 2.05) is 0 Å². The minimum atomic E-state index is -0.230. The van der Waals surface area contributed by atoms with E-state index in [4.69, 9.17) is 21.3 Å². The van der Waals surface area contributed by atoms with E-state index in [1.54, 1.807) is 4.90 Å². The van der Waals surface area contributed by atoms with Gasteiger partial charge in [0.15, 0.2) is 0 Å². The molecule has 1 saturated carbocycles. The Kier molecular flexibility index (Phi) is 9.46. The summed E-state index contributed by atoms with van der Waals surface area (Å²) in [5.74, 6) is 1.18. The minimum Gasteiger partial charge on any atom is -0.462 e. The molecule has 0 spiro atoms. The van der Waals surface area contributed by atoms with Crippen LogP contribution in [0.2, 0.25) is 0 Å². The lowest BCUT2D eigenvalue weighted by Crippen LogP contribution is -2.56. The second kappa shape index (κ2) is 13.7. The summed E-state index contributed by atoms with van der Waals surface area (Å²) in [6, 6.07) is 14.1. The number of ether oxygens (including phenoxy) is 1. The number of amides is 1. The van der Waals surface area contributed by atoms with Crippen LogP contribution in [0.5, 0.6) is 6.01 Å². The van der Waals surface area contributed by atoms with E-state index in [-0.39, 0.29) is 24.5 Å². The monoisotopic (exact) mass is 621 g/mol. The van der Waals surface area contributed by atoms with Gasteiger partial charge in [-0.05, 0) is 62.2 Å². The number of carbonyl (C=O) groups is 1. The van der Waals surface area contributed by atoms with Crippen molar-refractivity contribution < 1.29 is 9.53 Å².